The number of ether oxygens (including phenoxy) is 1. The van der Waals surface area contributed by atoms with E-state index in [2.05, 4.69) is 6.92 Å². The number of amides is 1. The molecule has 1 amide bonds. The normalized spacial score (nSPS) is 16.9. The van der Waals surface area contributed by atoms with Crippen molar-refractivity contribution in [3.05, 3.63) is 47.5 Å². The molecule has 146 valence electrons. The van der Waals surface area contributed by atoms with Gasteiger partial charge in [-0.2, -0.15) is 0 Å². The summed E-state index contributed by atoms with van der Waals surface area (Å²) < 4.78 is 4.70. The molecule has 0 N–H and O–H groups in total. The van der Waals surface area contributed by atoms with Crippen LogP contribution in [0.4, 0.5) is 0 Å². The van der Waals surface area contributed by atoms with Crippen molar-refractivity contribution in [3.63, 3.8) is 0 Å². The minimum atomic E-state index is -0.356. The molecule has 0 spiro atoms. The topological polar surface area (TPSA) is 63.7 Å². The molecule has 0 unspecified atom stereocenters. The molecule has 0 saturated carbocycles. The largest absolute Gasteiger partial charge is 0.465 e. The van der Waals surface area contributed by atoms with Gasteiger partial charge in [-0.1, -0.05) is 38.0 Å². The van der Waals surface area contributed by atoms with Crippen LogP contribution in [0, 0.1) is 0 Å². The monoisotopic (exact) mass is 371 g/mol. The Morgan fingerprint density at radius 3 is 2.63 bits per heavy atom. The first kappa shape index (κ1) is 20.9. The number of nitrogens with zero attached hydrogens (tertiary/aromatic N) is 1. The highest BCUT2D eigenvalue weighted by Crippen LogP contribution is 2.21. The van der Waals surface area contributed by atoms with E-state index in [4.69, 9.17) is 4.74 Å². The van der Waals surface area contributed by atoms with E-state index >= 15 is 0 Å². The number of carbonyl (C=O) groups is 3. The summed E-state index contributed by atoms with van der Waals surface area (Å²) in [6.45, 7) is 2.72. The number of likely N-dealkylation sites (tertiary alicyclic amines) is 1. The summed E-state index contributed by atoms with van der Waals surface area (Å²) in [6.07, 6.45) is 9.22. The maximum atomic E-state index is 12.2. The SMILES string of the molecule is CCCCCC(=O)C=C[C@H]1CCC(=O)N1CCc1ccc(C(=O)OC)cc1. The third-order valence-electron chi connectivity index (χ3n) is 4.92. The molecule has 0 aromatic heterocycles. The Labute approximate surface area is 161 Å². The van der Waals surface area contributed by atoms with Crippen LogP contribution in [0.25, 0.3) is 0 Å². The van der Waals surface area contributed by atoms with Crippen LogP contribution in [0.2, 0.25) is 0 Å². The van der Waals surface area contributed by atoms with E-state index in [0.717, 1.165) is 31.2 Å². The Morgan fingerprint density at radius 2 is 1.96 bits per heavy atom. The summed E-state index contributed by atoms with van der Waals surface area (Å²) in [5.41, 5.74) is 1.57. The first-order valence-corrected chi connectivity index (χ1v) is 9.73. The third kappa shape index (κ3) is 6.35. The fraction of sp³-hybridized carbons (Fsp3) is 0.500. The molecule has 1 saturated heterocycles. The molecule has 27 heavy (non-hydrogen) atoms. The Balaban J connectivity index is 1.88. The van der Waals surface area contributed by atoms with Crippen LogP contribution in [-0.4, -0.2) is 42.3 Å². The van der Waals surface area contributed by atoms with Gasteiger partial charge in [-0.3, -0.25) is 9.59 Å². The van der Waals surface area contributed by atoms with Gasteiger partial charge in [-0.25, -0.2) is 4.79 Å². The molecule has 1 heterocycles. The summed E-state index contributed by atoms with van der Waals surface area (Å²) >= 11 is 0. The number of methoxy groups -OCH3 is 1. The van der Waals surface area contributed by atoms with Gasteiger partial charge < -0.3 is 9.64 Å². The van der Waals surface area contributed by atoms with Crippen molar-refractivity contribution in [3.8, 4) is 0 Å². The van der Waals surface area contributed by atoms with Crippen molar-refractivity contribution >= 4 is 17.7 Å². The fourth-order valence-corrected chi connectivity index (χ4v) is 3.27. The van der Waals surface area contributed by atoms with Crippen LogP contribution in [0.1, 0.15) is 61.4 Å². The second kappa shape index (κ2) is 10.7. The van der Waals surface area contributed by atoms with Gasteiger partial charge in [0.25, 0.3) is 0 Å². The molecule has 1 atom stereocenters. The van der Waals surface area contributed by atoms with Crippen LogP contribution in [0.5, 0.6) is 0 Å². The zero-order chi connectivity index (χ0) is 19.6. The quantitative estimate of drug-likeness (QED) is 0.357. The first-order chi connectivity index (χ1) is 13.0. The predicted octanol–water partition coefficient (Wildman–Crippen LogP) is 3.71. The number of ketones is 1. The second-order valence-electron chi connectivity index (χ2n) is 6.91. The number of allylic oxidation sites excluding steroid dienone is 1. The number of rotatable bonds is 10. The lowest BCUT2D eigenvalue weighted by Crippen LogP contribution is -2.33. The zero-order valence-corrected chi connectivity index (χ0v) is 16.3. The molecular formula is C22H29NO4. The standard InChI is InChI=1S/C22H29NO4/c1-3-4-5-6-20(24)13-11-19-12-14-21(25)23(19)16-15-17-7-9-18(10-8-17)22(26)27-2/h7-11,13,19H,3-6,12,14-16H2,1-2H3/t19-/m0/s1. The summed E-state index contributed by atoms with van der Waals surface area (Å²) in [5.74, 6) is -0.0829. The fourth-order valence-electron chi connectivity index (χ4n) is 3.27. The average Bonchev–Trinajstić information content (AvgIpc) is 3.04. The molecule has 1 aromatic carbocycles. The van der Waals surface area contributed by atoms with Crippen LogP contribution in [0.3, 0.4) is 0 Å². The Bertz CT molecular complexity index is 678. The number of esters is 1. The summed E-state index contributed by atoms with van der Waals surface area (Å²) in [4.78, 5) is 37.4. The Hall–Kier alpha value is -2.43. The van der Waals surface area contributed by atoms with Crippen molar-refractivity contribution in [2.45, 2.75) is 57.9 Å². The highest BCUT2D eigenvalue weighted by Gasteiger charge is 2.28. The summed E-state index contributed by atoms with van der Waals surface area (Å²) in [7, 11) is 1.36. The Kier molecular flexibility index (Phi) is 8.24. The van der Waals surface area contributed by atoms with E-state index in [9.17, 15) is 14.4 Å². The Morgan fingerprint density at radius 1 is 1.22 bits per heavy atom. The van der Waals surface area contributed by atoms with E-state index < -0.39 is 0 Å². The smallest absolute Gasteiger partial charge is 0.337 e. The van der Waals surface area contributed by atoms with E-state index in [0.29, 0.717) is 31.4 Å². The van der Waals surface area contributed by atoms with Crippen LogP contribution < -0.4 is 0 Å². The molecule has 2 rings (SSSR count). The number of carbonyl (C=O) groups excluding carboxylic acids is 3. The molecule has 0 aliphatic carbocycles. The molecular weight excluding hydrogens is 342 g/mol. The van der Waals surface area contributed by atoms with Crippen molar-refractivity contribution in [2.24, 2.45) is 0 Å². The predicted molar refractivity (Wildman–Crippen MR) is 105 cm³/mol. The lowest BCUT2D eigenvalue weighted by atomic mass is 10.1. The van der Waals surface area contributed by atoms with Crippen molar-refractivity contribution in [1.29, 1.82) is 0 Å². The van der Waals surface area contributed by atoms with Gasteiger partial charge in [0.1, 0.15) is 0 Å². The molecule has 1 aliphatic heterocycles. The van der Waals surface area contributed by atoms with Crippen molar-refractivity contribution in [1.82, 2.24) is 4.90 Å². The summed E-state index contributed by atoms with van der Waals surface area (Å²) in [6, 6.07) is 7.24. The molecule has 1 aromatic rings. The molecule has 0 bridgehead atoms. The van der Waals surface area contributed by atoms with Gasteiger partial charge in [0.05, 0.1) is 18.7 Å². The van der Waals surface area contributed by atoms with E-state index in [1.807, 2.05) is 23.1 Å². The van der Waals surface area contributed by atoms with Gasteiger partial charge in [-0.05, 0) is 43.0 Å². The third-order valence-corrected chi connectivity index (χ3v) is 4.92. The molecule has 5 nitrogen and oxygen atoms in total. The van der Waals surface area contributed by atoms with Gasteiger partial charge in [0.2, 0.25) is 5.91 Å². The van der Waals surface area contributed by atoms with E-state index in [-0.39, 0.29) is 23.7 Å². The maximum absolute atomic E-state index is 12.2. The number of hydrogen-bond acceptors (Lipinski definition) is 4. The van der Waals surface area contributed by atoms with Crippen LogP contribution in [0.15, 0.2) is 36.4 Å². The maximum Gasteiger partial charge on any atom is 0.337 e. The van der Waals surface area contributed by atoms with Crippen molar-refractivity contribution < 1.29 is 19.1 Å². The minimum absolute atomic E-state index is 0.00182. The van der Waals surface area contributed by atoms with Gasteiger partial charge in [0.15, 0.2) is 5.78 Å². The number of hydrogen-bond donors (Lipinski definition) is 0. The number of unbranched alkanes of at least 4 members (excludes halogenated alkanes) is 2. The molecule has 5 heteroatoms. The van der Waals surface area contributed by atoms with Gasteiger partial charge in [-0.15, -0.1) is 0 Å². The zero-order valence-electron chi connectivity index (χ0n) is 16.3. The van der Waals surface area contributed by atoms with Crippen LogP contribution >= 0.6 is 0 Å². The molecule has 0 radical (unpaired) electrons. The van der Waals surface area contributed by atoms with E-state index in [1.165, 1.54) is 7.11 Å². The first-order valence-electron chi connectivity index (χ1n) is 9.73. The highest BCUT2D eigenvalue weighted by molar-refractivity contribution is 5.90. The van der Waals surface area contributed by atoms with Crippen molar-refractivity contribution in [2.75, 3.05) is 13.7 Å². The van der Waals surface area contributed by atoms with Crippen LogP contribution in [-0.2, 0) is 20.7 Å². The molecule has 1 fully saturated rings. The summed E-state index contributed by atoms with van der Waals surface area (Å²) in [5, 5.41) is 0. The second-order valence-corrected chi connectivity index (χ2v) is 6.91. The lowest BCUT2D eigenvalue weighted by molar-refractivity contribution is -0.128. The van der Waals surface area contributed by atoms with Gasteiger partial charge in [0, 0.05) is 19.4 Å². The van der Waals surface area contributed by atoms with Gasteiger partial charge >= 0.3 is 5.97 Å². The lowest BCUT2D eigenvalue weighted by Gasteiger charge is -2.22. The number of benzene rings is 1. The highest BCUT2D eigenvalue weighted by atomic mass is 16.5. The minimum Gasteiger partial charge on any atom is -0.465 e. The van der Waals surface area contributed by atoms with E-state index in [1.54, 1.807) is 18.2 Å². The molecule has 1 aliphatic rings. The average molecular weight is 371 g/mol.